The molecule has 0 atom stereocenters. The van der Waals surface area contributed by atoms with Gasteiger partial charge in [-0.25, -0.2) is 4.79 Å². The van der Waals surface area contributed by atoms with Crippen molar-refractivity contribution in [2.24, 2.45) is 0 Å². The van der Waals surface area contributed by atoms with Gasteiger partial charge in [-0.05, 0) is 63.5 Å². The number of anilines is 1. The van der Waals surface area contributed by atoms with E-state index in [2.05, 4.69) is 24.5 Å². The Kier molecular flexibility index (Phi) is 6.73. The summed E-state index contributed by atoms with van der Waals surface area (Å²) in [4.78, 5) is 26.2. The number of nitrogens with zero attached hydrogens (tertiary/aromatic N) is 3. The van der Waals surface area contributed by atoms with Crippen molar-refractivity contribution in [1.82, 2.24) is 4.57 Å². The van der Waals surface area contributed by atoms with Gasteiger partial charge in [0.2, 0.25) is 0 Å². The number of hydrogen-bond donors (Lipinski definition) is 0. The molecule has 0 bridgehead atoms. The Bertz CT molecular complexity index is 992. The van der Waals surface area contributed by atoms with Crippen LogP contribution < -0.4 is 4.90 Å². The first-order chi connectivity index (χ1) is 14.4. The maximum atomic E-state index is 12.6. The van der Waals surface area contributed by atoms with Crippen molar-refractivity contribution in [3.63, 3.8) is 0 Å². The fourth-order valence-electron chi connectivity index (χ4n) is 3.57. The van der Waals surface area contributed by atoms with Crippen molar-refractivity contribution in [2.45, 2.75) is 46.1 Å². The van der Waals surface area contributed by atoms with Gasteiger partial charge in [-0.3, -0.25) is 4.79 Å². The summed E-state index contributed by atoms with van der Waals surface area (Å²) in [5.41, 5.74) is 5.06. The van der Waals surface area contributed by atoms with Gasteiger partial charge in [0.25, 0.3) is 5.91 Å². The van der Waals surface area contributed by atoms with Gasteiger partial charge >= 0.3 is 5.97 Å². The Morgan fingerprint density at radius 3 is 2.57 bits per heavy atom. The topological polar surface area (TPSA) is 75.3 Å². The first-order valence-corrected chi connectivity index (χ1v) is 10.2. The molecule has 1 aliphatic rings. The van der Waals surface area contributed by atoms with E-state index >= 15 is 0 Å². The van der Waals surface area contributed by atoms with Crippen LogP contribution >= 0.6 is 0 Å². The highest BCUT2D eigenvalue weighted by Gasteiger charge is 2.26. The van der Waals surface area contributed by atoms with Crippen LogP contribution in [0, 0.1) is 32.1 Å². The summed E-state index contributed by atoms with van der Waals surface area (Å²) in [6.45, 7) is 5.96. The van der Waals surface area contributed by atoms with Crippen molar-refractivity contribution in [1.29, 1.82) is 5.26 Å². The fourth-order valence-corrected chi connectivity index (χ4v) is 3.57. The molecule has 1 fully saturated rings. The highest BCUT2D eigenvalue weighted by Crippen LogP contribution is 2.38. The molecule has 1 saturated carbocycles. The van der Waals surface area contributed by atoms with Crippen LogP contribution in [0.5, 0.6) is 0 Å². The van der Waals surface area contributed by atoms with Crippen LogP contribution in [-0.4, -0.2) is 29.6 Å². The van der Waals surface area contributed by atoms with Gasteiger partial charge in [-0.2, -0.15) is 5.26 Å². The molecule has 6 heteroatoms. The third-order valence-corrected chi connectivity index (χ3v) is 5.27. The van der Waals surface area contributed by atoms with Gasteiger partial charge in [0.05, 0.1) is 12.5 Å². The molecular formula is C24H27N3O3. The number of aryl methyl sites for hydroxylation is 2. The Morgan fingerprint density at radius 1 is 1.23 bits per heavy atom. The zero-order valence-corrected chi connectivity index (χ0v) is 17.7. The van der Waals surface area contributed by atoms with E-state index in [4.69, 9.17) is 10.00 Å². The molecule has 1 aromatic heterocycles. The smallest absolute Gasteiger partial charge is 0.331 e. The van der Waals surface area contributed by atoms with E-state index in [0.29, 0.717) is 11.7 Å². The van der Waals surface area contributed by atoms with Crippen LogP contribution in [0.25, 0.3) is 6.08 Å². The Morgan fingerprint density at radius 2 is 1.93 bits per heavy atom. The summed E-state index contributed by atoms with van der Waals surface area (Å²) >= 11 is 0. The summed E-state index contributed by atoms with van der Waals surface area (Å²) in [5, 5.41) is 8.88. The number of hydrogen-bond acceptors (Lipinski definition) is 4. The molecule has 0 radical (unpaired) electrons. The predicted molar refractivity (Wildman–Crippen MR) is 116 cm³/mol. The summed E-state index contributed by atoms with van der Waals surface area (Å²) in [6, 6.07) is 12.1. The molecule has 3 rings (SSSR count). The van der Waals surface area contributed by atoms with Crippen LogP contribution in [0.3, 0.4) is 0 Å². The molecule has 0 spiro atoms. The molecule has 6 nitrogen and oxygen atoms in total. The molecular weight excluding hydrogens is 378 g/mol. The van der Waals surface area contributed by atoms with Gasteiger partial charge in [0.1, 0.15) is 0 Å². The van der Waals surface area contributed by atoms with Gasteiger partial charge < -0.3 is 14.2 Å². The maximum absolute atomic E-state index is 12.6. The van der Waals surface area contributed by atoms with Crippen LogP contribution in [-0.2, 0) is 14.3 Å². The monoisotopic (exact) mass is 405 g/mol. The lowest BCUT2D eigenvalue weighted by molar-refractivity contribution is -0.142. The standard InChI is InChI=1S/C24H27N3O3/c1-17-5-8-21(9-6-17)26(14-4-13-25)23(28)16-30-24(29)12-7-20-15-18(2)27(19(20)3)22-10-11-22/h5-9,12,15,22H,4,10-11,14,16H2,1-3H3/b12-7+. The molecule has 1 heterocycles. The van der Waals surface area contributed by atoms with Gasteiger partial charge in [0, 0.05) is 35.7 Å². The molecule has 0 aliphatic heterocycles. The number of nitriles is 1. The minimum Gasteiger partial charge on any atom is -0.452 e. The van der Waals surface area contributed by atoms with E-state index in [0.717, 1.165) is 16.8 Å². The normalized spacial score (nSPS) is 13.3. The maximum Gasteiger partial charge on any atom is 0.331 e. The van der Waals surface area contributed by atoms with E-state index in [1.807, 2.05) is 37.3 Å². The Hall–Kier alpha value is -3.33. The van der Waals surface area contributed by atoms with Gasteiger partial charge in [0.15, 0.2) is 6.61 Å². The molecule has 0 unspecified atom stereocenters. The van der Waals surface area contributed by atoms with E-state index in [-0.39, 0.29) is 25.5 Å². The average molecular weight is 405 g/mol. The van der Waals surface area contributed by atoms with Crippen molar-refractivity contribution >= 4 is 23.6 Å². The van der Waals surface area contributed by atoms with Crippen molar-refractivity contribution in [2.75, 3.05) is 18.1 Å². The van der Waals surface area contributed by atoms with Crippen molar-refractivity contribution in [3.05, 3.63) is 58.9 Å². The summed E-state index contributed by atoms with van der Waals surface area (Å²) in [6.07, 6.45) is 5.70. The number of benzene rings is 1. The van der Waals surface area contributed by atoms with Crippen molar-refractivity contribution < 1.29 is 14.3 Å². The van der Waals surface area contributed by atoms with Crippen LogP contribution in [0.1, 0.15) is 47.8 Å². The number of ether oxygens (including phenoxy) is 1. The highest BCUT2D eigenvalue weighted by molar-refractivity contribution is 5.96. The van der Waals surface area contributed by atoms with E-state index < -0.39 is 5.97 Å². The van der Waals surface area contributed by atoms with Crippen LogP contribution in [0.4, 0.5) is 5.69 Å². The minimum absolute atomic E-state index is 0.198. The number of rotatable bonds is 8. The van der Waals surface area contributed by atoms with E-state index in [1.54, 1.807) is 6.08 Å². The Balaban J connectivity index is 1.60. The first kappa shape index (κ1) is 21.4. The number of esters is 1. The zero-order valence-electron chi connectivity index (χ0n) is 17.7. The summed E-state index contributed by atoms with van der Waals surface area (Å²) in [5.74, 6) is -0.925. The fraction of sp³-hybridized carbons (Fsp3) is 0.375. The molecule has 1 aromatic carbocycles. The van der Waals surface area contributed by atoms with Crippen LogP contribution in [0.2, 0.25) is 0 Å². The predicted octanol–water partition coefficient (Wildman–Crippen LogP) is 4.25. The molecule has 30 heavy (non-hydrogen) atoms. The quantitative estimate of drug-likeness (QED) is 0.486. The number of carbonyl (C=O) groups excluding carboxylic acids is 2. The second-order valence-corrected chi connectivity index (χ2v) is 7.66. The second kappa shape index (κ2) is 9.45. The molecule has 1 amide bonds. The van der Waals surface area contributed by atoms with Crippen LogP contribution in [0.15, 0.2) is 36.4 Å². The average Bonchev–Trinajstić information content (AvgIpc) is 3.51. The minimum atomic E-state index is -0.566. The highest BCUT2D eigenvalue weighted by atomic mass is 16.5. The molecule has 0 saturated heterocycles. The molecule has 156 valence electrons. The van der Waals surface area contributed by atoms with E-state index in [1.165, 1.54) is 29.5 Å². The van der Waals surface area contributed by atoms with E-state index in [9.17, 15) is 9.59 Å². The molecule has 0 N–H and O–H groups in total. The lowest BCUT2D eigenvalue weighted by Gasteiger charge is -2.21. The van der Waals surface area contributed by atoms with Gasteiger partial charge in [-0.1, -0.05) is 17.7 Å². The third-order valence-electron chi connectivity index (χ3n) is 5.27. The number of carbonyl (C=O) groups is 2. The lowest BCUT2D eigenvalue weighted by atomic mass is 10.2. The first-order valence-electron chi connectivity index (χ1n) is 10.2. The molecule has 1 aliphatic carbocycles. The third kappa shape index (κ3) is 5.18. The van der Waals surface area contributed by atoms with Crippen molar-refractivity contribution in [3.8, 4) is 6.07 Å². The summed E-state index contributed by atoms with van der Waals surface area (Å²) in [7, 11) is 0. The Labute approximate surface area is 177 Å². The second-order valence-electron chi connectivity index (χ2n) is 7.66. The molecule has 2 aromatic rings. The van der Waals surface area contributed by atoms with Gasteiger partial charge in [-0.15, -0.1) is 0 Å². The lowest BCUT2D eigenvalue weighted by Crippen LogP contribution is -2.35. The number of aromatic nitrogens is 1. The number of amides is 1. The zero-order chi connectivity index (χ0) is 21.7. The largest absolute Gasteiger partial charge is 0.452 e. The summed E-state index contributed by atoms with van der Waals surface area (Å²) < 4.78 is 7.47. The SMILES string of the molecule is Cc1ccc(N(CCC#N)C(=O)COC(=O)/C=C/c2cc(C)n(C3CC3)c2C)cc1.